The molecule has 0 fully saturated rings. The Morgan fingerprint density at radius 3 is 2.18 bits per heavy atom. The van der Waals surface area contributed by atoms with E-state index in [1.54, 1.807) is 36.4 Å². The van der Waals surface area contributed by atoms with E-state index in [4.69, 9.17) is 5.73 Å². The lowest BCUT2D eigenvalue weighted by Gasteiger charge is -2.05. The number of anilines is 1. The van der Waals surface area contributed by atoms with Crippen molar-refractivity contribution < 1.29 is 8.42 Å². The maximum Gasteiger partial charge on any atom is 0.206 e. The molecule has 0 atom stereocenters. The zero-order valence-corrected chi connectivity index (χ0v) is 11.2. The number of benzene rings is 2. The van der Waals surface area contributed by atoms with E-state index in [0.29, 0.717) is 5.69 Å². The van der Waals surface area contributed by atoms with Gasteiger partial charge in [-0.25, -0.2) is 8.42 Å². The van der Waals surface area contributed by atoms with Gasteiger partial charge in [0.15, 0.2) is 0 Å². The maximum atomic E-state index is 12.2. The first kappa shape index (κ1) is 12.1. The number of halogens is 1. The third-order valence-electron chi connectivity index (χ3n) is 2.29. The van der Waals surface area contributed by atoms with Crippen LogP contribution in [0.5, 0.6) is 0 Å². The molecule has 0 aromatic heterocycles. The number of nitrogen functional groups attached to an aromatic ring is 1. The molecule has 5 heteroatoms. The van der Waals surface area contributed by atoms with E-state index in [0.717, 1.165) is 4.47 Å². The van der Waals surface area contributed by atoms with E-state index in [2.05, 4.69) is 15.9 Å². The minimum absolute atomic E-state index is 0.208. The standard InChI is InChI=1S/C12H10BrNO2S/c13-9-4-6-11(7-5-9)17(15,16)12-3-1-2-10(14)8-12/h1-8H,14H2. The number of nitrogens with two attached hydrogens (primary N) is 1. The second-order valence-electron chi connectivity index (χ2n) is 3.53. The summed E-state index contributed by atoms with van der Waals surface area (Å²) in [6, 6.07) is 12.8. The highest BCUT2D eigenvalue weighted by atomic mass is 79.9. The summed E-state index contributed by atoms with van der Waals surface area (Å²) in [6.45, 7) is 0. The molecule has 0 aliphatic heterocycles. The summed E-state index contributed by atoms with van der Waals surface area (Å²) in [5.41, 5.74) is 6.02. The number of rotatable bonds is 2. The first-order chi connectivity index (χ1) is 8.00. The molecule has 0 aliphatic rings. The van der Waals surface area contributed by atoms with Gasteiger partial charge in [0.25, 0.3) is 0 Å². The smallest absolute Gasteiger partial charge is 0.206 e. The lowest BCUT2D eigenvalue weighted by atomic mass is 10.3. The van der Waals surface area contributed by atoms with Gasteiger partial charge in [0, 0.05) is 10.2 Å². The molecular weight excluding hydrogens is 302 g/mol. The van der Waals surface area contributed by atoms with Gasteiger partial charge in [-0.1, -0.05) is 22.0 Å². The Balaban J connectivity index is 2.54. The average Bonchev–Trinajstić information content (AvgIpc) is 2.29. The molecule has 2 rings (SSSR count). The van der Waals surface area contributed by atoms with Gasteiger partial charge >= 0.3 is 0 Å². The van der Waals surface area contributed by atoms with Crippen LogP contribution in [0.15, 0.2) is 62.8 Å². The Labute approximate surface area is 108 Å². The van der Waals surface area contributed by atoms with Crippen LogP contribution in [0.25, 0.3) is 0 Å². The Kier molecular flexibility index (Phi) is 3.22. The molecule has 0 bridgehead atoms. The monoisotopic (exact) mass is 311 g/mol. The fraction of sp³-hybridized carbons (Fsp3) is 0. The second-order valence-corrected chi connectivity index (χ2v) is 6.40. The van der Waals surface area contributed by atoms with Crippen molar-refractivity contribution in [3.63, 3.8) is 0 Å². The van der Waals surface area contributed by atoms with Crippen LogP contribution in [0.1, 0.15) is 0 Å². The van der Waals surface area contributed by atoms with Crippen LogP contribution in [-0.2, 0) is 9.84 Å². The van der Waals surface area contributed by atoms with Crippen LogP contribution < -0.4 is 5.73 Å². The van der Waals surface area contributed by atoms with Gasteiger partial charge in [-0.05, 0) is 42.5 Å². The summed E-state index contributed by atoms with van der Waals surface area (Å²) in [6.07, 6.45) is 0. The predicted molar refractivity (Wildman–Crippen MR) is 70.4 cm³/mol. The van der Waals surface area contributed by atoms with Crippen molar-refractivity contribution in [2.45, 2.75) is 9.79 Å². The highest BCUT2D eigenvalue weighted by Crippen LogP contribution is 2.23. The van der Waals surface area contributed by atoms with Gasteiger partial charge in [0.2, 0.25) is 9.84 Å². The molecule has 0 amide bonds. The molecular formula is C12H10BrNO2S. The van der Waals surface area contributed by atoms with Crippen molar-refractivity contribution in [2.24, 2.45) is 0 Å². The molecule has 17 heavy (non-hydrogen) atoms. The normalized spacial score (nSPS) is 11.4. The molecule has 0 unspecified atom stereocenters. The largest absolute Gasteiger partial charge is 0.399 e. The zero-order valence-electron chi connectivity index (χ0n) is 8.80. The molecule has 0 aliphatic carbocycles. The third kappa shape index (κ3) is 2.50. The summed E-state index contributed by atoms with van der Waals surface area (Å²) in [7, 11) is -3.48. The first-order valence-corrected chi connectivity index (χ1v) is 7.14. The number of sulfone groups is 1. The summed E-state index contributed by atoms with van der Waals surface area (Å²) in [5.74, 6) is 0. The Morgan fingerprint density at radius 2 is 1.59 bits per heavy atom. The van der Waals surface area contributed by atoms with E-state index in [1.165, 1.54) is 12.1 Å². The van der Waals surface area contributed by atoms with Crippen LogP contribution in [0.2, 0.25) is 0 Å². The molecule has 2 aromatic rings. The molecule has 0 heterocycles. The molecule has 0 saturated heterocycles. The minimum Gasteiger partial charge on any atom is -0.399 e. The quantitative estimate of drug-likeness (QED) is 0.868. The van der Waals surface area contributed by atoms with Gasteiger partial charge in [-0.15, -0.1) is 0 Å². The van der Waals surface area contributed by atoms with Crippen LogP contribution in [0.4, 0.5) is 5.69 Å². The minimum atomic E-state index is -3.48. The van der Waals surface area contributed by atoms with E-state index in [-0.39, 0.29) is 9.79 Å². The molecule has 3 nitrogen and oxygen atoms in total. The van der Waals surface area contributed by atoms with Crippen LogP contribution in [0, 0.1) is 0 Å². The van der Waals surface area contributed by atoms with Crippen molar-refractivity contribution in [3.05, 3.63) is 53.0 Å². The third-order valence-corrected chi connectivity index (χ3v) is 4.59. The fourth-order valence-corrected chi connectivity index (χ4v) is 3.01. The highest BCUT2D eigenvalue weighted by molar-refractivity contribution is 9.10. The van der Waals surface area contributed by atoms with E-state index in [9.17, 15) is 8.42 Å². The van der Waals surface area contributed by atoms with Crippen molar-refractivity contribution in [1.29, 1.82) is 0 Å². The summed E-state index contributed by atoms with van der Waals surface area (Å²) in [4.78, 5) is 0.464. The van der Waals surface area contributed by atoms with Crippen molar-refractivity contribution >= 4 is 31.5 Å². The Bertz CT molecular complexity index is 636. The Morgan fingerprint density at radius 1 is 0.941 bits per heavy atom. The predicted octanol–water partition coefficient (Wildman–Crippen LogP) is 2.86. The maximum absolute atomic E-state index is 12.2. The Hall–Kier alpha value is -1.33. The topological polar surface area (TPSA) is 60.2 Å². The molecule has 2 aromatic carbocycles. The van der Waals surface area contributed by atoms with E-state index >= 15 is 0 Å². The first-order valence-electron chi connectivity index (χ1n) is 4.86. The molecule has 0 radical (unpaired) electrons. The second kappa shape index (κ2) is 4.50. The van der Waals surface area contributed by atoms with Crippen LogP contribution >= 0.6 is 15.9 Å². The molecule has 88 valence electrons. The fourth-order valence-electron chi connectivity index (χ4n) is 1.43. The highest BCUT2D eigenvalue weighted by Gasteiger charge is 2.17. The van der Waals surface area contributed by atoms with Gasteiger partial charge in [-0.2, -0.15) is 0 Å². The zero-order chi connectivity index (χ0) is 12.5. The van der Waals surface area contributed by atoms with E-state index < -0.39 is 9.84 Å². The average molecular weight is 312 g/mol. The SMILES string of the molecule is Nc1cccc(S(=O)(=O)c2ccc(Br)cc2)c1. The van der Waals surface area contributed by atoms with E-state index in [1.807, 2.05) is 0 Å². The van der Waals surface area contributed by atoms with Gasteiger partial charge in [-0.3, -0.25) is 0 Å². The van der Waals surface area contributed by atoms with Crippen molar-refractivity contribution in [3.8, 4) is 0 Å². The molecule has 0 saturated carbocycles. The van der Waals surface area contributed by atoms with Gasteiger partial charge < -0.3 is 5.73 Å². The van der Waals surface area contributed by atoms with Crippen LogP contribution in [0.3, 0.4) is 0 Å². The molecule has 2 N–H and O–H groups in total. The van der Waals surface area contributed by atoms with Crippen LogP contribution in [-0.4, -0.2) is 8.42 Å². The number of hydrogen-bond donors (Lipinski definition) is 1. The van der Waals surface area contributed by atoms with Crippen molar-refractivity contribution in [1.82, 2.24) is 0 Å². The summed E-state index contributed by atoms with van der Waals surface area (Å²) in [5, 5.41) is 0. The molecule has 0 spiro atoms. The summed E-state index contributed by atoms with van der Waals surface area (Å²) < 4.78 is 25.3. The lowest BCUT2D eigenvalue weighted by Crippen LogP contribution is -2.02. The van der Waals surface area contributed by atoms with Crippen molar-refractivity contribution in [2.75, 3.05) is 5.73 Å². The van der Waals surface area contributed by atoms with Gasteiger partial charge in [0.1, 0.15) is 0 Å². The summed E-state index contributed by atoms with van der Waals surface area (Å²) >= 11 is 3.27. The van der Waals surface area contributed by atoms with Gasteiger partial charge in [0.05, 0.1) is 9.79 Å². The lowest BCUT2D eigenvalue weighted by molar-refractivity contribution is 0.596. The number of hydrogen-bond acceptors (Lipinski definition) is 3.